The van der Waals surface area contributed by atoms with Gasteiger partial charge in [-0.05, 0) is 19.3 Å². The van der Waals surface area contributed by atoms with Crippen LogP contribution in [0.25, 0.3) is 0 Å². The Morgan fingerprint density at radius 3 is 2.50 bits per heavy atom. The van der Waals surface area contributed by atoms with Gasteiger partial charge >= 0.3 is 5.97 Å². The molecule has 0 aromatic carbocycles. The summed E-state index contributed by atoms with van der Waals surface area (Å²) in [5.41, 5.74) is 4.03. The number of hydrogen-bond donors (Lipinski definition) is 4. The van der Waals surface area contributed by atoms with Crippen LogP contribution in [-0.4, -0.2) is 42.1 Å². The van der Waals surface area contributed by atoms with Crippen molar-refractivity contribution >= 4 is 17.6 Å². The molecule has 0 aliphatic rings. The lowest BCUT2D eigenvalue weighted by Gasteiger charge is -2.07. The SMILES string of the molecule is CNc1nn(NC)c(NC)c1CCCCC(=O)O. The number of aliphatic carboxylic acids is 1. The predicted molar refractivity (Wildman–Crippen MR) is 71.8 cm³/mol. The largest absolute Gasteiger partial charge is 0.481 e. The number of carboxylic acid groups (broad SMARTS) is 1. The van der Waals surface area contributed by atoms with Crippen LogP contribution in [0.2, 0.25) is 0 Å². The van der Waals surface area contributed by atoms with E-state index in [1.807, 2.05) is 14.1 Å². The van der Waals surface area contributed by atoms with E-state index in [-0.39, 0.29) is 6.42 Å². The fraction of sp³-hybridized carbons (Fsp3) is 0.636. The molecule has 18 heavy (non-hydrogen) atoms. The summed E-state index contributed by atoms with van der Waals surface area (Å²) in [5, 5.41) is 19.1. The third-order valence-electron chi connectivity index (χ3n) is 2.74. The molecule has 1 aromatic heterocycles. The fourth-order valence-electron chi connectivity index (χ4n) is 1.88. The number of rotatable bonds is 8. The van der Waals surface area contributed by atoms with Crippen molar-refractivity contribution in [2.24, 2.45) is 0 Å². The third-order valence-corrected chi connectivity index (χ3v) is 2.74. The predicted octanol–water partition coefficient (Wildman–Crippen LogP) is 0.937. The molecule has 0 bridgehead atoms. The summed E-state index contributed by atoms with van der Waals surface area (Å²) in [6.45, 7) is 0. The average Bonchev–Trinajstić information content (AvgIpc) is 2.71. The lowest BCUT2D eigenvalue weighted by atomic mass is 10.1. The highest BCUT2D eigenvalue weighted by Gasteiger charge is 2.15. The van der Waals surface area contributed by atoms with Crippen LogP contribution in [0.4, 0.5) is 11.6 Å². The van der Waals surface area contributed by atoms with Crippen LogP contribution >= 0.6 is 0 Å². The normalized spacial score (nSPS) is 10.2. The van der Waals surface area contributed by atoms with Gasteiger partial charge in [0.05, 0.1) is 0 Å². The van der Waals surface area contributed by atoms with E-state index >= 15 is 0 Å². The minimum atomic E-state index is -0.747. The van der Waals surface area contributed by atoms with Gasteiger partial charge < -0.3 is 21.2 Å². The minimum Gasteiger partial charge on any atom is -0.481 e. The van der Waals surface area contributed by atoms with E-state index < -0.39 is 5.97 Å². The molecule has 0 saturated carbocycles. The van der Waals surface area contributed by atoms with Gasteiger partial charge in [0.25, 0.3) is 0 Å². The second-order valence-electron chi connectivity index (χ2n) is 3.91. The maximum atomic E-state index is 10.5. The summed E-state index contributed by atoms with van der Waals surface area (Å²) in [7, 11) is 5.45. The number of nitrogens with zero attached hydrogens (tertiary/aromatic N) is 2. The number of aromatic nitrogens is 2. The van der Waals surface area contributed by atoms with Crippen LogP contribution < -0.4 is 16.1 Å². The topological polar surface area (TPSA) is 91.2 Å². The number of unbranched alkanes of at least 4 members (excludes halogenated alkanes) is 1. The Labute approximate surface area is 107 Å². The van der Waals surface area contributed by atoms with Gasteiger partial charge in [0.15, 0.2) is 11.6 Å². The van der Waals surface area contributed by atoms with Crippen LogP contribution in [0.3, 0.4) is 0 Å². The molecular formula is C11H21N5O2. The van der Waals surface area contributed by atoms with Crippen molar-refractivity contribution in [3.8, 4) is 0 Å². The molecule has 0 saturated heterocycles. The summed E-state index contributed by atoms with van der Waals surface area (Å²) >= 11 is 0. The van der Waals surface area contributed by atoms with Gasteiger partial charge in [0, 0.05) is 33.1 Å². The third kappa shape index (κ3) is 3.28. The molecule has 7 heteroatoms. The summed E-state index contributed by atoms with van der Waals surface area (Å²) in [6.07, 6.45) is 2.50. The maximum absolute atomic E-state index is 10.5. The van der Waals surface area contributed by atoms with Crippen LogP contribution in [0, 0.1) is 0 Å². The molecule has 0 aliphatic carbocycles. The zero-order valence-electron chi connectivity index (χ0n) is 11.1. The zero-order valence-corrected chi connectivity index (χ0v) is 11.1. The molecule has 1 heterocycles. The Kier molecular flexibility index (Phi) is 5.29. The fourth-order valence-corrected chi connectivity index (χ4v) is 1.88. The summed E-state index contributed by atoms with van der Waals surface area (Å²) in [6, 6.07) is 0. The lowest BCUT2D eigenvalue weighted by molar-refractivity contribution is -0.137. The number of carboxylic acids is 1. The highest BCUT2D eigenvalue weighted by atomic mass is 16.4. The molecule has 1 rings (SSSR count). The molecule has 102 valence electrons. The van der Waals surface area contributed by atoms with Gasteiger partial charge in [-0.25, -0.2) is 0 Å². The van der Waals surface area contributed by atoms with E-state index in [1.165, 1.54) is 0 Å². The molecular weight excluding hydrogens is 234 g/mol. The molecule has 7 nitrogen and oxygen atoms in total. The molecule has 4 N–H and O–H groups in total. The van der Waals surface area contributed by atoms with Crippen molar-refractivity contribution in [2.75, 3.05) is 37.2 Å². The molecule has 0 aliphatic heterocycles. The van der Waals surface area contributed by atoms with Crippen molar-refractivity contribution in [2.45, 2.75) is 25.7 Å². The van der Waals surface area contributed by atoms with E-state index in [4.69, 9.17) is 5.11 Å². The Morgan fingerprint density at radius 1 is 1.28 bits per heavy atom. The van der Waals surface area contributed by atoms with Crippen molar-refractivity contribution in [3.63, 3.8) is 0 Å². The van der Waals surface area contributed by atoms with Crippen LogP contribution in [0.15, 0.2) is 0 Å². The van der Waals surface area contributed by atoms with E-state index in [2.05, 4.69) is 21.2 Å². The van der Waals surface area contributed by atoms with Crippen LogP contribution in [0.5, 0.6) is 0 Å². The van der Waals surface area contributed by atoms with Gasteiger partial charge in [0.1, 0.15) is 0 Å². The Bertz CT molecular complexity index is 402. The first kappa shape index (κ1) is 14.1. The highest BCUT2D eigenvalue weighted by Crippen LogP contribution is 2.25. The van der Waals surface area contributed by atoms with Crippen molar-refractivity contribution in [3.05, 3.63) is 5.56 Å². The quantitative estimate of drug-likeness (QED) is 0.517. The minimum absolute atomic E-state index is 0.212. The monoisotopic (exact) mass is 255 g/mol. The Hall–Kier alpha value is -1.92. The molecule has 0 unspecified atom stereocenters. The Balaban J connectivity index is 2.72. The molecule has 0 fully saturated rings. The van der Waals surface area contributed by atoms with E-state index in [1.54, 1.807) is 11.8 Å². The maximum Gasteiger partial charge on any atom is 0.303 e. The second-order valence-corrected chi connectivity index (χ2v) is 3.91. The molecule has 0 spiro atoms. The van der Waals surface area contributed by atoms with E-state index in [0.29, 0.717) is 6.42 Å². The van der Waals surface area contributed by atoms with Gasteiger partial charge in [0.2, 0.25) is 0 Å². The van der Waals surface area contributed by atoms with E-state index in [0.717, 1.165) is 30.0 Å². The first-order chi connectivity index (χ1) is 8.63. The summed E-state index contributed by atoms with van der Waals surface area (Å²) < 4.78 is 0. The number of carbonyl (C=O) groups is 1. The second kappa shape index (κ2) is 6.73. The molecule has 0 amide bonds. The van der Waals surface area contributed by atoms with E-state index in [9.17, 15) is 4.79 Å². The van der Waals surface area contributed by atoms with Crippen molar-refractivity contribution < 1.29 is 9.90 Å². The van der Waals surface area contributed by atoms with Gasteiger partial charge in [-0.3, -0.25) is 4.79 Å². The standard InChI is InChI=1S/C11H21N5O2/c1-12-10-8(6-4-5-7-9(17)18)11(13-2)16(14-3)15-10/h13-14H,4-7H2,1-3H3,(H,12,15)(H,17,18). The molecule has 0 atom stereocenters. The number of hydrogen-bond acceptors (Lipinski definition) is 5. The Morgan fingerprint density at radius 2 is 2.00 bits per heavy atom. The first-order valence-corrected chi connectivity index (χ1v) is 6.01. The zero-order chi connectivity index (χ0) is 13.5. The van der Waals surface area contributed by atoms with Crippen molar-refractivity contribution in [1.82, 2.24) is 9.89 Å². The van der Waals surface area contributed by atoms with Gasteiger partial charge in [-0.15, -0.1) is 5.10 Å². The van der Waals surface area contributed by atoms with Crippen LogP contribution in [-0.2, 0) is 11.2 Å². The number of anilines is 2. The summed E-state index contributed by atoms with van der Waals surface area (Å²) in [4.78, 5) is 12.1. The highest BCUT2D eigenvalue weighted by molar-refractivity contribution is 5.66. The first-order valence-electron chi connectivity index (χ1n) is 6.01. The lowest BCUT2D eigenvalue weighted by Crippen LogP contribution is -2.14. The van der Waals surface area contributed by atoms with Crippen molar-refractivity contribution in [1.29, 1.82) is 0 Å². The average molecular weight is 255 g/mol. The van der Waals surface area contributed by atoms with Gasteiger partial charge in [-0.2, -0.15) is 4.79 Å². The number of nitrogens with one attached hydrogen (secondary N) is 3. The van der Waals surface area contributed by atoms with Crippen LogP contribution in [0.1, 0.15) is 24.8 Å². The molecule has 0 radical (unpaired) electrons. The smallest absolute Gasteiger partial charge is 0.303 e. The summed E-state index contributed by atoms with van der Waals surface area (Å²) in [5.74, 6) is 0.963. The van der Waals surface area contributed by atoms with Gasteiger partial charge in [-0.1, -0.05) is 0 Å². The molecule has 1 aromatic rings.